The molecule has 1 aliphatic heterocycles. The minimum Gasteiger partial charge on any atom is -0.484 e. The van der Waals surface area contributed by atoms with Crippen molar-refractivity contribution < 1.29 is 9.53 Å². The molecule has 1 aliphatic rings. The topological polar surface area (TPSA) is 95.5 Å². The third-order valence-corrected chi connectivity index (χ3v) is 8.41. The second-order valence-corrected chi connectivity index (χ2v) is 10.5. The van der Waals surface area contributed by atoms with Crippen molar-refractivity contribution in [2.45, 2.75) is 4.21 Å². The van der Waals surface area contributed by atoms with Crippen molar-refractivity contribution in [1.82, 2.24) is 14.8 Å². The van der Waals surface area contributed by atoms with Crippen molar-refractivity contribution in [2.75, 3.05) is 46.1 Å². The minimum atomic E-state index is 0.0165. The van der Waals surface area contributed by atoms with Crippen LogP contribution in [-0.4, -0.2) is 72.6 Å². The first-order chi connectivity index (χ1) is 15.4. The Hall–Kier alpha value is -2.40. The van der Waals surface area contributed by atoms with Crippen LogP contribution in [0.1, 0.15) is 4.88 Å². The molecule has 3 aromatic rings. The van der Waals surface area contributed by atoms with E-state index in [1.165, 1.54) is 11.3 Å². The van der Waals surface area contributed by atoms with Crippen molar-refractivity contribution in [3.8, 4) is 27.6 Å². The van der Waals surface area contributed by atoms with Crippen LogP contribution >= 0.6 is 34.4 Å². The normalized spacial score (nSPS) is 14.5. The molecule has 1 saturated heterocycles. The number of rotatable bonds is 7. The van der Waals surface area contributed by atoms with E-state index < -0.39 is 0 Å². The molecule has 0 bridgehead atoms. The summed E-state index contributed by atoms with van der Waals surface area (Å²) in [4.78, 5) is 22.1. The number of nitrogens with two attached hydrogens (primary N) is 1. The SMILES string of the molecule is CSc1sc(C(=N)N)cc1-c1nc(-c2cccc(OCC(=O)N3CCN(C)CC3)c2)cs1. The second-order valence-electron chi connectivity index (χ2n) is 7.47. The molecular weight excluding hydrogens is 462 g/mol. The predicted molar refractivity (Wildman–Crippen MR) is 133 cm³/mol. The number of aromatic nitrogens is 1. The van der Waals surface area contributed by atoms with Gasteiger partial charge in [-0.2, -0.15) is 0 Å². The zero-order valence-corrected chi connectivity index (χ0v) is 20.4. The number of nitrogens with one attached hydrogen (secondary N) is 1. The molecule has 1 amide bonds. The van der Waals surface area contributed by atoms with Crippen LogP contribution in [-0.2, 0) is 4.79 Å². The molecule has 0 saturated carbocycles. The largest absolute Gasteiger partial charge is 0.484 e. The Morgan fingerprint density at radius 2 is 2.06 bits per heavy atom. The van der Waals surface area contributed by atoms with Gasteiger partial charge in [-0.15, -0.1) is 34.4 Å². The van der Waals surface area contributed by atoms with Crippen LogP contribution in [0.2, 0.25) is 0 Å². The predicted octanol–water partition coefficient (Wildman–Crippen LogP) is 3.70. The summed E-state index contributed by atoms with van der Waals surface area (Å²) in [5.74, 6) is 0.741. The number of nitrogens with zero attached hydrogens (tertiary/aromatic N) is 3. The van der Waals surface area contributed by atoms with Crippen LogP contribution < -0.4 is 10.5 Å². The molecule has 168 valence electrons. The van der Waals surface area contributed by atoms with E-state index in [4.69, 9.17) is 20.9 Å². The van der Waals surface area contributed by atoms with Crippen LogP contribution in [0.4, 0.5) is 0 Å². The number of piperazine rings is 1. The van der Waals surface area contributed by atoms with Crippen LogP contribution in [0.15, 0.2) is 39.9 Å². The number of amidine groups is 1. The molecule has 0 unspecified atom stereocenters. The van der Waals surface area contributed by atoms with Crippen LogP contribution in [0.3, 0.4) is 0 Å². The lowest BCUT2D eigenvalue weighted by Gasteiger charge is -2.32. The summed E-state index contributed by atoms with van der Waals surface area (Å²) in [5.41, 5.74) is 8.46. The number of carbonyl (C=O) groups excluding carboxylic acids is 1. The summed E-state index contributed by atoms with van der Waals surface area (Å²) in [6.45, 7) is 3.31. The molecule has 3 N–H and O–H groups in total. The summed E-state index contributed by atoms with van der Waals surface area (Å²) in [6, 6.07) is 9.61. The van der Waals surface area contributed by atoms with Crippen molar-refractivity contribution in [3.63, 3.8) is 0 Å². The zero-order valence-electron chi connectivity index (χ0n) is 18.0. The fourth-order valence-corrected chi connectivity index (χ4v) is 6.09. The fraction of sp³-hybridized carbons (Fsp3) is 0.318. The van der Waals surface area contributed by atoms with Crippen LogP contribution in [0.25, 0.3) is 21.8 Å². The minimum absolute atomic E-state index is 0.0165. The number of hydrogen-bond donors (Lipinski definition) is 2. The van der Waals surface area contributed by atoms with Crippen molar-refractivity contribution in [3.05, 3.63) is 40.6 Å². The van der Waals surface area contributed by atoms with Gasteiger partial charge in [0.2, 0.25) is 0 Å². The van der Waals surface area contributed by atoms with E-state index in [9.17, 15) is 4.79 Å². The summed E-state index contributed by atoms with van der Waals surface area (Å²) < 4.78 is 6.89. The van der Waals surface area contributed by atoms with Crippen molar-refractivity contribution in [1.29, 1.82) is 5.41 Å². The number of ether oxygens (including phenoxy) is 1. The molecule has 1 aromatic carbocycles. The first-order valence-corrected chi connectivity index (χ1v) is 13.0. The molecule has 0 aliphatic carbocycles. The number of benzene rings is 1. The average molecular weight is 488 g/mol. The number of hydrogen-bond acceptors (Lipinski definition) is 8. The van der Waals surface area contributed by atoms with Gasteiger partial charge < -0.3 is 20.3 Å². The molecule has 4 rings (SSSR count). The molecule has 10 heteroatoms. The fourth-order valence-electron chi connectivity index (χ4n) is 3.38. The van der Waals surface area contributed by atoms with Crippen LogP contribution in [0.5, 0.6) is 5.75 Å². The molecule has 3 heterocycles. The lowest BCUT2D eigenvalue weighted by atomic mass is 10.1. The maximum Gasteiger partial charge on any atom is 0.260 e. The van der Waals surface area contributed by atoms with Gasteiger partial charge in [0, 0.05) is 42.7 Å². The van der Waals surface area contributed by atoms with Gasteiger partial charge in [-0.05, 0) is 31.5 Å². The molecule has 0 spiro atoms. The van der Waals surface area contributed by atoms with Gasteiger partial charge in [0.05, 0.1) is 14.8 Å². The van der Waals surface area contributed by atoms with E-state index in [2.05, 4.69) is 11.9 Å². The first kappa shape index (κ1) is 22.8. The molecule has 0 atom stereocenters. The molecule has 0 radical (unpaired) electrons. The Kier molecular flexibility index (Phi) is 7.14. The third kappa shape index (κ3) is 5.15. The number of carbonyl (C=O) groups is 1. The Bertz CT molecular complexity index is 1120. The Morgan fingerprint density at radius 3 is 2.78 bits per heavy atom. The maximum atomic E-state index is 12.5. The summed E-state index contributed by atoms with van der Waals surface area (Å²) in [5, 5.41) is 10.6. The van der Waals surface area contributed by atoms with Gasteiger partial charge in [0.1, 0.15) is 16.6 Å². The lowest BCUT2D eigenvalue weighted by molar-refractivity contribution is -0.134. The van der Waals surface area contributed by atoms with Gasteiger partial charge in [-0.1, -0.05) is 12.1 Å². The summed E-state index contributed by atoms with van der Waals surface area (Å²) in [6.07, 6.45) is 2.01. The van der Waals surface area contributed by atoms with E-state index in [1.807, 2.05) is 46.9 Å². The summed E-state index contributed by atoms with van der Waals surface area (Å²) in [7, 11) is 2.07. The van der Waals surface area contributed by atoms with Gasteiger partial charge in [-0.3, -0.25) is 10.2 Å². The Morgan fingerprint density at radius 1 is 1.28 bits per heavy atom. The number of thiophene rings is 1. The quantitative estimate of drug-likeness (QED) is 0.300. The standard InChI is InChI=1S/C22H25N5O2S3/c1-26-6-8-27(9-7-26)19(28)12-29-15-5-3-4-14(10-15)17-13-31-21(25-17)16-11-18(20(23)24)32-22(16)30-2/h3-5,10-11,13H,6-9,12H2,1-2H3,(H3,23,24). The molecular formula is C22H25N5O2S3. The van der Waals surface area contributed by atoms with E-state index in [1.54, 1.807) is 23.1 Å². The molecule has 32 heavy (non-hydrogen) atoms. The zero-order chi connectivity index (χ0) is 22.7. The number of nitrogen functional groups attached to an aromatic ring is 1. The average Bonchev–Trinajstić information content (AvgIpc) is 3.45. The first-order valence-electron chi connectivity index (χ1n) is 10.1. The summed E-state index contributed by atoms with van der Waals surface area (Å²) >= 11 is 4.70. The monoisotopic (exact) mass is 487 g/mol. The van der Waals surface area contributed by atoms with Gasteiger partial charge >= 0.3 is 0 Å². The molecule has 2 aromatic heterocycles. The maximum absolute atomic E-state index is 12.5. The molecule has 1 fully saturated rings. The van der Waals surface area contributed by atoms with E-state index in [-0.39, 0.29) is 18.3 Å². The van der Waals surface area contributed by atoms with E-state index in [0.29, 0.717) is 5.75 Å². The smallest absolute Gasteiger partial charge is 0.260 e. The Balaban J connectivity index is 1.46. The van der Waals surface area contributed by atoms with Gasteiger partial charge in [0.25, 0.3) is 5.91 Å². The Labute approximate surface area is 199 Å². The van der Waals surface area contributed by atoms with Gasteiger partial charge in [-0.25, -0.2) is 4.98 Å². The van der Waals surface area contributed by atoms with Crippen LogP contribution in [0, 0.1) is 5.41 Å². The van der Waals surface area contributed by atoms with E-state index >= 15 is 0 Å². The number of thiazole rings is 1. The highest BCUT2D eigenvalue weighted by atomic mass is 32.2. The lowest BCUT2D eigenvalue weighted by Crippen LogP contribution is -2.48. The van der Waals surface area contributed by atoms with E-state index in [0.717, 1.165) is 57.1 Å². The number of likely N-dealkylation sites (N-methyl/N-ethyl adjacent to an activating group) is 1. The van der Waals surface area contributed by atoms with Crippen molar-refractivity contribution in [2.24, 2.45) is 5.73 Å². The molecule has 7 nitrogen and oxygen atoms in total. The van der Waals surface area contributed by atoms with Gasteiger partial charge in [0.15, 0.2) is 6.61 Å². The highest BCUT2D eigenvalue weighted by Gasteiger charge is 2.20. The number of thioether (sulfide) groups is 1. The number of amides is 1. The highest BCUT2D eigenvalue weighted by Crippen LogP contribution is 2.40. The van der Waals surface area contributed by atoms with Crippen molar-refractivity contribution >= 4 is 46.2 Å². The third-order valence-electron chi connectivity index (χ3n) is 5.23. The second kappa shape index (κ2) is 10.0. The highest BCUT2D eigenvalue weighted by molar-refractivity contribution is 8.00.